The van der Waals surface area contributed by atoms with Crippen LogP contribution in [0.25, 0.3) is 0 Å². The molecule has 6 atom stereocenters. The Bertz CT molecular complexity index is 1820. The lowest BCUT2D eigenvalue weighted by Gasteiger charge is -2.21. The summed E-state index contributed by atoms with van der Waals surface area (Å²) in [6, 6.07) is 0. The zero-order valence-electron chi connectivity index (χ0n) is 60.2. The Hall–Kier alpha value is -1.94. The number of hydrogen-bond donors (Lipinski definition) is 3. The van der Waals surface area contributed by atoms with Gasteiger partial charge in [0.05, 0.1) is 26.4 Å². The van der Waals surface area contributed by atoms with E-state index < -0.39 is 97.5 Å². The lowest BCUT2D eigenvalue weighted by molar-refractivity contribution is -0.161. The van der Waals surface area contributed by atoms with Gasteiger partial charge in [-0.3, -0.25) is 37.3 Å². The molecule has 0 saturated heterocycles. The molecule has 19 heteroatoms. The van der Waals surface area contributed by atoms with Gasteiger partial charge in [0, 0.05) is 25.7 Å². The van der Waals surface area contributed by atoms with Crippen molar-refractivity contribution in [3.05, 3.63) is 0 Å². The molecule has 3 N–H and O–H groups in total. The van der Waals surface area contributed by atoms with E-state index in [1.54, 1.807) is 0 Å². The monoisotopic (exact) mass is 1350 g/mol. The quantitative estimate of drug-likeness (QED) is 0.0222. The number of esters is 4. The standard InChI is InChI=1S/C73H142O17P2/c1-9-66(8)52-44-36-27-22-23-29-39-47-55-72(77)89-68(59-84-71(76)54-46-38-30-24-26-34-42-50-64(4)5)61-87-91(79,80)85-57-67(74)58-86-92(81,82)88-62-69(90-73(78)56-48-40-32-31-35-43-51-65(6)7)60-83-70(75)53-45-37-28-21-19-17-15-13-11-10-12-14-16-18-20-25-33-41-49-63(2)3/h63-69,74H,9-62H2,1-8H3,(H,79,80)(H,81,82)/t66?,67?,68-,69-/m1/s1. The van der Waals surface area contributed by atoms with E-state index in [-0.39, 0.29) is 25.7 Å². The van der Waals surface area contributed by atoms with E-state index in [0.717, 1.165) is 108 Å². The van der Waals surface area contributed by atoms with E-state index in [1.165, 1.54) is 161 Å². The zero-order chi connectivity index (χ0) is 68.2. The number of phosphoric ester groups is 2. The fourth-order valence-electron chi connectivity index (χ4n) is 11.0. The lowest BCUT2D eigenvalue weighted by Crippen LogP contribution is -2.30. The highest BCUT2D eigenvalue weighted by Gasteiger charge is 2.30. The van der Waals surface area contributed by atoms with Gasteiger partial charge in [0.2, 0.25) is 0 Å². The summed E-state index contributed by atoms with van der Waals surface area (Å²) in [6.45, 7) is 14.1. The molecule has 0 amide bonds. The van der Waals surface area contributed by atoms with Gasteiger partial charge < -0.3 is 33.8 Å². The van der Waals surface area contributed by atoms with Crippen LogP contribution in [0.5, 0.6) is 0 Å². The minimum Gasteiger partial charge on any atom is -0.462 e. The van der Waals surface area contributed by atoms with Crippen molar-refractivity contribution in [3.63, 3.8) is 0 Å². The second-order valence-electron chi connectivity index (χ2n) is 28.0. The highest BCUT2D eigenvalue weighted by atomic mass is 31.2. The fraction of sp³-hybridized carbons (Fsp3) is 0.945. The summed E-state index contributed by atoms with van der Waals surface area (Å²) < 4.78 is 68.3. The van der Waals surface area contributed by atoms with Gasteiger partial charge in [-0.2, -0.15) is 0 Å². The van der Waals surface area contributed by atoms with E-state index in [4.69, 9.17) is 37.0 Å². The predicted molar refractivity (Wildman–Crippen MR) is 372 cm³/mol. The Labute approximate surface area is 562 Å². The number of aliphatic hydroxyl groups is 1. The number of phosphoric acid groups is 2. The van der Waals surface area contributed by atoms with Crippen molar-refractivity contribution in [3.8, 4) is 0 Å². The molecule has 0 saturated carbocycles. The maximum absolute atomic E-state index is 13.0. The first-order chi connectivity index (χ1) is 44.1. The molecule has 0 bridgehead atoms. The van der Waals surface area contributed by atoms with Crippen molar-refractivity contribution < 1.29 is 80.2 Å². The number of unbranched alkanes of at least 4 members (excludes halogenated alkanes) is 35. The summed E-state index contributed by atoms with van der Waals surface area (Å²) in [4.78, 5) is 72.5. The molecule has 546 valence electrons. The molecule has 0 heterocycles. The Balaban J connectivity index is 5.12. The number of ether oxygens (including phenoxy) is 4. The van der Waals surface area contributed by atoms with E-state index in [1.807, 2.05) is 0 Å². The lowest BCUT2D eigenvalue weighted by atomic mass is 9.99. The molecular formula is C73H142O17P2. The fourth-order valence-corrected chi connectivity index (χ4v) is 12.6. The molecular weight excluding hydrogens is 1210 g/mol. The summed E-state index contributed by atoms with van der Waals surface area (Å²) in [7, 11) is -9.90. The summed E-state index contributed by atoms with van der Waals surface area (Å²) in [5, 5.41) is 10.6. The molecule has 0 rings (SSSR count). The highest BCUT2D eigenvalue weighted by molar-refractivity contribution is 7.47. The van der Waals surface area contributed by atoms with Crippen molar-refractivity contribution in [2.45, 2.75) is 382 Å². The Morgan fingerprint density at radius 1 is 0.304 bits per heavy atom. The first-order valence-corrected chi connectivity index (χ1v) is 40.7. The number of carbonyl (C=O) groups excluding carboxylic acids is 4. The van der Waals surface area contributed by atoms with Gasteiger partial charge >= 0.3 is 39.5 Å². The van der Waals surface area contributed by atoms with Gasteiger partial charge in [-0.05, 0) is 49.4 Å². The van der Waals surface area contributed by atoms with Crippen molar-refractivity contribution in [2.24, 2.45) is 23.7 Å². The Kier molecular flexibility index (Phi) is 61.3. The molecule has 0 aliphatic rings. The third kappa shape index (κ3) is 65.4. The third-order valence-corrected chi connectivity index (χ3v) is 19.1. The molecule has 0 aromatic rings. The first kappa shape index (κ1) is 90.1. The van der Waals surface area contributed by atoms with Gasteiger partial charge in [0.1, 0.15) is 19.3 Å². The van der Waals surface area contributed by atoms with Crippen molar-refractivity contribution in [1.29, 1.82) is 0 Å². The van der Waals surface area contributed by atoms with Crippen LogP contribution in [0.2, 0.25) is 0 Å². The van der Waals surface area contributed by atoms with Crippen LogP contribution in [-0.2, 0) is 65.4 Å². The minimum atomic E-state index is -4.95. The molecule has 0 fully saturated rings. The Morgan fingerprint density at radius 3 is 0.772 bits per heavy atom. The topological polar surface area (TPSA) is 237 Å². The molecule has 17 nitrogen and oxygen atoms in total. The van der Waals surface area contributed by atoms with E-state index in [9.17, 15) is 43.2 Å². The van der Waals surface area contributed by atoms with E-state index in [2.05, 4.69) is 55.4 Å². The van der Waals surface area contributed by atoms with E-state index in [0.29, 0.717) is 37.5 Å². The second kappa shape index (κ2) is 62.6. The molecule has 92 heavy (non-hydrogen) atoms. The molecule has 4 unspecified atom stereocenters. The molecule has 0 aromatic heterocycles. The normalized spacial score (nSPS) is 14.5. The van der Waals surface area contributed by atoms with Crippen LogP contribution >= 0.6 is 15.6 Å². The Morgan fingerprint density at radius 2 is 0.522 bits per heavy atom. The molecule has 0 radical (unpaired) electrons. The number of aliphatic hydroxyl groups excluding tert-OH is 1. The number of hydrogen-bond acceptors (Lipinski definition) is 15. The third-order valence-electron chi connectivity index (χ3n) is 17.2. The van der Waals surface area contributed by atoms with Crippen molar-refractivity contribution in [2.75, 3.05) is 39.6 Å². The van der Waals surface area contributed by atoms with E-state index >= 15 is 0 Å². The first-order valence-electron chi connectivity index (χ1n) is 37.7. The summed E-state index contributed by atoms with van der Waals surface area (Å²) in [6.07, 6.45) is 46.2. The minimum absolute atomic E-state index is 0.102. The number of carbonyl (C=O) groups is 4. The predicted octanol–water partition coefficient (Wildman–Crippen LogP) is 20.9. The van der Waals surface area contributed by atoms with Gasteiger partial charge in [-0.15, -0.1) is 0 Å². The van der Waals surface area contributed by atoms with Crippen molar-refractivity contribution in [1.82, 2.24) is 0 Å². The molecule has 0 aliphatic heterocycles. The van der Waals surface area contributed by atoms with Crippen LogP contribution in [0.15, 0.2) is 0 Å². The van der Waals surface area contributed by atoms with Crippen LogP contribution < -0.4 is 0 Å². The summed E-state index contributed by atoms with van der Waals surface area (Å²) in [5.74, 6) is 0.834. The number of rotatable bonds is 70. The largest absolute Gasteiger partial charge is 0.472 e. The van der Waals surface area contributed by atoms with Crippen LogP contribution in [-0.4, -0.2) is 96.7 Å². The summed E-state index contributed by atoms with van der Waals surface area (Å²) >= 11 is 0. The average molecular weight is 1350 g/mol. The van der Waals surface area contributed by atoms with Gasteiger partial charge in [0.25, 0.3) is 0 Å². The second-order valence-corrected chi connectivity index (χ2v) is 30.9. The van der Waals surface area contributed by atoms with Crippen molar-refractivity contribution >= 4 is 39.5 Å². The van der Waals surface area contributed by atoms with Gasteiger partial charge in [-0.25, -0.2) is 9.13 Å². The highest BCUT2D eigenvalue weighted by Crippen LogP contribution is 2.45. The smallest absolute Gasteiger partial charge is 0.462 e. The van der Waals surface area contributed by atoms with Gasteiger partial charge in [0.15, 0.2) is 12.2 Å². The van der Waals surface area contributed by atoms with Crippen LogP contribution in [0, 0.1) is 23.7 Å². The SMILES string of the molecule is CCC(C)CCCCCCCCCCC(=O)O[C@H](COC(=O)CCCCCCCCCC(C)C)COP(=O)(O)OCC(O)COP(=O)(O)OC[C@@H](COC(=O)CCCCCCCCCCCCCCCCCCCCC(C)C)OC(=O)CCCCCCCCC(C)C. The summed E-state index contributed by atoms with van der Waals surface area (Å²) in [5.41, 5.74) is 0. The van der Waals surface area contributed by atoms with Crippen LogP contribution in [0.1, 0.15) is 364 Å². The molecule has 0 spiro atoms. The van der Waals surface area contributed by atoms with Crippen LogP contribution in [0.4, 0.5) is 0 Å². The average Bonchev–Trinajstić information content (AvgIpc) is 1.48. The molecule has 0 aliphatic carbocycles. The molecule has 0 aromatic carbocycles. The van der Waals surface area contributed by atoms with Crippen LogP contribution in [0.3, 0.4) is 0 Å². The maximum Gasteiger partial charge on any atom is 0.472 e. The van der Waals surface area contributed by atoms with Gasteiger partial charge in [-0.1, -0.05) is 312 Å². The maximum atomic E-state index is 13.0. The zero-order valence-corrected chi connectivity index (χ0v) is 62.0.